The summed E-state index contributed by atoms with van der Waals surface area (Å²) in [6, 6.07) is 1.49. The summed E-state index contributed by atoms with van der Waals surface area (Å²) in [6.45, 7) is 3.20. The highest BCUT2D eigenvalue weighted by molar-refractivity contribution is 7.14. The number of esters is 1. The lowest BCUT2D eigenvalue weighted by Gasteiger charge is -2.12. The van der Waals surface area contributed by atoms with Crippen LogP contribution in [0.1, 0.15) is 29.4 Å². The van der Waals surface area contributed by atoms with Crippen LogP contribution in [-0.2, 0) is 20.7 Å². The maximum absolute atomic E-state index is 12.4. The van der Waals surface area contributed by atoms with Gasteiger partial charge in [-0.25, -0.2) is 9.97 Å². The molecule has 10 heteroatoms. The van der Waals surface area contributed by atoms with E-state index >= 15 is 0 Å². The lowest BCUT2D eigenvalue weighted by molar-refractivity contribution is -0.142. The van der Waals surface area contributed by atoms with Gasteiger partial charge in [-0.15, -0.1) is 11.3 Å². The van der Waals surface area contributed by atoms with Gasteiger partial charge in [-0.3, -0.25) is 14.9 Å². The Bertz CT molecular complexity index is 823. The van der Waals surface area contributed by atoms with Crippen molar-refractivity contribution in [2.45, 2.75) is 25.9 Å². The highest BCUT2D eigenvalue weighted by Crippen LogP contribution is 2.26. The first-order valence-electron chi connectivity index (χ1n) is 8.36. The van der Waals surface area contributed by atoms with Gasteiger partial charge < -0.3 is 14.2 Å². The second kappa shape index (κ2) is 9.12. The molecule has 0 saturated carbocycles. The predicted molar refractivity (Wildman–Crippen MR) is 99.5 cm³/mol. The Labute approximate surface area is 164 Å². The topological polar surface area (TPSA) is 99.6 Å². The molecule has 3 heterocycles. The fraction of sp³-hybridized carbons (Fsp3) is 0.412. The lowest BCUT2D eigenvalue weighted by atomic mass is 10.2. The van der Waals surface area contributed by atoms with Gasteiger partial charge in [-0.2, -0.15) is 0 Å². The van der Waals surface area contributed by atoms with Crippen molar-refractivity contribution in [2.24, 2.45) is 0 Å². The summed E-state index contributed by atoms with van der Waals surface area (Å²) < 4.78 is 15.8. The van der Waals surface area contributed by atoms with Crippen molar-refractivity contribution in [1.29, 1.82) is 0 Å². The van der Waals surface area contributed by atoms with Crippen molar-refractivity contribution in [3.63, 3.8) is 0 Å². The van der Waals surface area contributed by atoms with Crippen LogP contribution in [0, 0.1) is 0 Å². The van der Waals surface area contributed by atoms with Crippen molar-refractivity contribution in [2.75, 3.05) is 25.1 Å². The summed E-state index contributed by atoms with van der Waals surface area (Å²) in [7, 11) is 0. The van der Waals surface area contributed by atoms with Gasteiger partial charge in [0.1, 0.15) is 11.1 Å². The number of aromatic nitrogens is 2. The van der Waals surface area contributed by atoms with Gasteiger partial charge in [0, 0.05) is 18.0 Å². The zero-order chi connectivity index (χ0) is 19.2. The lowest BCUT2D eigenvalue weighted by Crippen LogP contribution is -2.17. The van der Waals surface area contributed by atoms with E-state index in [0.29, 0.717) is 30.6 Å². The molecular weight excluding hydrogens is 394 g/mol. The zero-order valence-corrected chi connectivity index (χ0v) is 16.1. The molecule has 1 N–H and O–H groups in total. The molecule has 144 valence electrons. The molecule has 1 aliphatic heterocycles. The quantitative estimate of drug-likeness (QED) is 0.699. The molecule has 27 heavy (non-hydrogen) atoms. The van der Waals surface area contributed by atoms with E-state index in [0.717, 1.165) is 6.42 Å². The first kappa shape index (κ1) is 19.5. The van der Waals surface area contributed by atoms with E-state index in [4.69, 9.17) is 25.8 Å². The molecule has 2 aromatic heterocycles. The van der Waals surface area contributed by atoms with Crippen molar-refractivity contribution in [3.8, 4) is 5.88 Å². The summed E-state index contributed by atoms with van der Waals surface area (Å²) in [5, 5.41) is 4.97. The molecule has 0 aromatic carbocycles. The number of carbonyl (C=O) groups excluding carboxylic acids is 2. The minimum absolute atomic E-state index is 0.0600. The van der Waals surface area contributed by atoms with Gasteiger partial charge in [0.2, 0.25) is 5.88 Å². The third-order valence-corrected chi connectivity index (χ3v) is 4.72. The molecule has 1 aliphatic rings. The van der Waals surface area contributed by atoms with E-state index < -0.39 is 5.91 Å². The first-order valence-corrected chi connectivity index (χ1v) is 9.62. The van der Waals surface area contributed by atoms with Crippen molar-refractivity contribution in [1.82, 2.24) is 9.97 Å². The van der Waals surface area contributed by atoms with Gasteiger partial charge >= 0.3 is 5.97 Å². The Balaban J connectivity index is 1.60. The SMILES string of the molecule is CCOC(=O)Cc1csc(NC(=O)c2cnc(O[C@@H]3CCOC3)c(Cl)c2)n1. The number of carbonyl (C=O) groups is 2. The monoisotopic (exact) mass is 411 g/mol. The Kier molecular flexibility index (Phi) is 6.59. The number of nitrogens with one attached hydrogen (secondary N) is 1. The normalized spacial score (nSPS) is 16.1. The molecule has 1 saturated heterocycles. The molecule has 3 rings (SSSR count). The fourth-order valence-electron chi connectivity index (χ4n) is 2.37. The van der Waals surface area contributed by atoms with Crippen LogP contribution in [0.5, 0.6) is 5.88 Å². The molecule has 0 unspecified atom stereocenters. The van der Waals surface area contributed by atoms with Gasteiger partial charge in [-0.1, -0.05) is 11.6 Å². The molecular formula is C17H18ClN3O5S. The van der Waals surface area contributed by atoms with Crippen LogP contribution < -0.4 is 10.1 Å². The van der Waals surface area contributed by atoms with Gasteiger partial charge in [0.15, 0.2) is 5.13 Å². The van der Waals surface area contributed by atoms with Crippen LogP contribution in [0.15, 0.2) is 17.6 Å². The Hall–Kier alpha value is -2.23. The number of hydrogen-bond donors (Lipinski definition) is 1. The summed E-state index contributed by atoms with van der Waals surface area (Å²) in [5.41, 5.74) is 0.810. The minimum Gasteiger partial charge on any atom is -0.471 e. The second-order valence-electron chi connectivity index (χ2n) is 5.69. The largest absolute Gasteiger partial charge is 0.471 e. The predicted octanol–water partition coefficient (Wildman–Crippen LogP) is 2.72. The summed E-state index contributed by atoms with van der Waals surface area (Å²) in [6.07, 6.45) is 2.14. The molecule has 8 nitrogen and oxygen atoms in total. The molecule has 2 aromatic rings. The third-order valence-electron chi connectivity index (χ3n) is 3.64. The average Bonchev–Trinajstić information content (AvgIpc) is 3.29. The van der Waals surface area contributed by atoms with Crippen molar-refractivity contribution < 1.29 is 23.8 Å². The van der Waals surface area contributed by atoms with E-state index in [1.807, 2.05) is 0 Å². The van der Waals surface area contributed by atoms with Crippen LogP contribution in [0.25, 0.3) is 0 Å². The number of pyridine rings is 1. The van der Waals surface area contributed by atoms with Crippen LogP contribution in [-0.4, -0.2) is 47.8 Å². The van der Waals surface area contributed by atoms with Gasteiger partial charge in [0.05, 0.1) is 37.5 Å². The van der Waals surface area contributed by atoms with Crippen molar-refractivity contribution >= 4 is 39.9 Å². The smallest absolute Gasteiger partial charge is 0.311 e. The highest BCUT2D eigenvalue weighted by Gasteiger charge is 2.20. The number of nitrogens with zero attached hydrogens (tertiary/aromatic N) is 2. The van der Waals surface area contributed by atoms with E-state index in [1.54, 1.807) is 12.3 Å². The second-order valence-corrected chi connectivity index (χ2v) is 6.96. The van der Waals surface area contributed by atoms with Gasteiger partial charge in [-0.05, 0) is 13.0 Å². The van der Waals surface area contributed by atoms with E-state index in [-0.39, 0.29) is 35.0 Å². The molecule has 1 atom stereocenters. The number of thiazole rings is 1. The Morgan fingerprint density at radius 1 is 1.48 bits per heavy atom. The zero-order valence-electron chi connectivity index (χ0n) is 14.6. The summed E-state index contributed by atoms with van der Waals surface area (Å²) in [5.74, 6) is -0.494. The average molecular weight is 412 g/mol. The highest BCUT2D eigenvalue weighted by atomic mass is 35.5. The van der Waals surface area contributed by atoms with Crippen LogP contribution in [0.3, 0.4) is 0 Å². The molecule has 1 amide bonds. The number of rotatable bonds is 7. The van der Waals surface area contributed by atoms with Crippen LogP contribution in [0.4, 0.5) is 5.13 Å². The molecule has 0 bridgehead atoms. The first-order chi connectivity index (χ1) is 13.0. The third kappa shape index (κ3) is 5.38. The molecule has 0 aliphatic carbocycles. The summed E-state index contributed by atoms with van der Waals surface area (Å²) >= 11 is 7.39. The molecule has 1 fully saturated rings. The minimum atomic E-state index is -0.405. The number of halogens is 1. The number of hydrogen-bond acceptors (Lipinski definition) is 8. The van der Waals surface area contributed by atoms with E-state index in [2.05, 4.69) is 15.3 Å². The fourth-order valence-corrected chi connectivity index (χ4v) is 3.29. The van der Waals surface area contributed by atoms with Crippen LogP contribution >= 0.6 is 22.9 Å². The number of anilines is 1. The maximum Gasteiger partial charge on any atom is 0.311 e. The van der Waals surface area contributed by atoms with Gasteiger partial charge in [0.25, 0.3) is 5.91 Å². The number of ether oxygens (including phenoxy) is 3. The Morgan fingerprint density at radius 3 is 3.04 bits per heavy atom. The molecule has 0 spiro atoms. The maximum atomic E-state index is 12.4. The number of amides is 1. The summed E-state index contributed by atoms with van der Waals surface area (Å²) in [4.78, 5) is 32.2. The van der Waals surface area contributed by atoms with Crippen molar-refractivity contribution in [3.05, 3.63) is 33.9 Å². The Morgan fingerprint density at radius 2 is 2.33 bits per heavy atom. The standard InChI is InChI=1S/C17H18ClN3O5S/c1-2-25-14(22)6-11-9-27-17(20-11)21-15(23)10-5-13(18)16(19-7-10)26-12-3-4-24-8-12/h5,7,9,12H,2-4,6,8H2,1H3,(H,20,21,23)/t12-/m1/s1. The molecule has 0 radical (unpaired) electrons. The van der Waals surface area contributed by atoms with E-state index in [9.17, 15) is 9.59 Å². The van der Waals surface area contributed by atoms with Crippen LogP contribution in [0.2, 0.25) is 5.02 Å². The van der Waals surface area contributed by atoms with E-state index in [1.165, 1.54) is 23.6 Å².